The van der Waals surface area contributed by atoms with Crippen LogP contribution >= 0.6 is 23.5 Å². The predicted octanol–water partition coefficient (Wildman–Crippen LogP) is 7.29. The van der Waals surface area contributed by atoms with Gasteiger partial charge in [-0.2, -0.15) is 5.10 Å². The summed E-state index contributed by atoms with van der Waals surface area (Å²) in [7, 11) is 0. The lowest BCUT2D eigenvalue weighted by Crippen LogP contribution is -2.42. The summed E-state index contributed by atoms with van der Waals surface area (Å²) in [6.45, 7) is 4.61. The standard InChI is InChI=1S/C27H35N5OS2/c1-18-15-24(34-3)25(26(29-18)35-4)30-27(33)32(22-9-7-5-6-8-10-22)17-20-11-13-21(14-12-20)23-16-28-31-19(23)2/h11-16,22H,5-10,17H2,1-4H3,(H,28,31)(H,30,33). The van der Waals surface area contributed by atoms with E-state index in [1.54, 1.807) is 23.5 Å². The number of pyridine rings is 1. The third-order valence-corrected chi connectivity index (χ3v) is 8.14. The normalized spacial score (nSPS) is 14.5. The van der Waals surface area contributed by atoms with Crippen LogP contribution in [0, 0.1) is 13.8 Å². The lowest BCUT2D eigenvalue weighted by atomic mass is 10.0. The number of aromatic amines is 1. The fourth-order valence-electron chi connectivity index (χ4n) is 4.78. The van der Waals surface area contributed by atoms with Crippen LogP contribution in [-0.2, 0) is 6.54 Å². The van der Waals surface area contributed by atoms with Crippen LogP contribution in [0.1, 0.15) is 55.5 Å². The van der Waals surface area contributed by atoms with Gasteiger partial charge in [-0.05, 0) is 56.4 Å². The number of thioether (sulfide) groups is 2. The third-order valence-electron chi connectivity index (χ3n) is 6.70. The summed E-state index contributed by atoms with van der Waals surface area (Å²) in [6, 6.07) is 10.8. The van der Waals surface area contributed by atoms with Crippen molar-refractivity contribution in [1.82, 2.24) is 20.1 Å². The molecule has 8 heteroatoms. The Morgan fingerprint density at radius 1 is 1.09 bits per heavy atom. The second-order valence-corrected chi connectivity index (χ2v) is 10.8. The van der Waals surface area contributed by atoms with E-state index in [9.17, 15) is 4.79 Å². The van der Waals surface area contributed by atoms with Crippen molar-refractivity contribution in [3.05, 3.63) is 53.5 Å². The molecule has 0 atom stereocenters. The van der Waals surface area contributed by atoms with Gasteiger partial charge in [-0.15, -0.1) is 23.5 Å². The Labute approximate surface area is 217 Å². The second-order valence-electron chi connectivity index (χ2n) is 9.16. The van der Waals surface area contributed by atoms with Gasteiger partial charge in [-0.3, -0.25) is 5.10 Å². The molecule has 35 heavy (non-hydrogen) atoms. The van der Waals surface area contributed by atoms with Crippen LogP contribution in [-0.4, -0.2) is 44.7 Å². The molecule has 1 aromatic carbocycles. The van der Waals surface area contributed by atoms with E-state index in [0.29, 0.717) is 6.54 Å². The largest absolute Gasteiger partial charge is 0.322 e. The molecule has 3 aromatic rings. The monoisotopic (exact) mass is 509 g/mol. The molecule has 0 aliphatic heterocycles. The maximum absolute atomic E-state index is 13.8. The smallest absolute Gasteiger partial charge is 0.317 e. The van der Waals surface area contributed by atoms with Crippen LogP contribution in [0.4, 0.5) is 10.5 Å². The molecule has 2 aromatic heterocycles. The number of rotatable bonds is 7. The van der Waals surface area contributed by atoms with Gasteiger partial charge in [-0.25, -0.2) is 9.78 Å². The van der Waals surface area contributed by atoms with Gasteiger partial charge in [0.15, 0.2) is 0 Å². The molecule has 1 fully saturated rings. The fourth-order valence-corrected chi connectivity index (χ4v) is 6.09. The van der Waals surface area contributed by atoms with E-state index in [4.69, 9.17) is 0 Å². The molecule has 0 unspecified atom stereocenters. The van der Waals surface area contributed by atoms with Crippen LogP contribution in [0.3, 0.4) is 0 Å². The average Bonchev–Trinajstić information content (AvgIpc) is 3.12. The van der Waals surface area contributed by atoms with Crippen molar-refractivity contribution in [1.29, 1.82) is 0 Å². The Kier molecular flexibility index (Phi) is 8.78. The first-order chi connectivity index (χ1) is 17.0. The molecule has 0 radical (unpaired) electrons. The maximum Gasteiger partial charge on any atom is 0.322 e. The third kappa shape index (κ3) is 6.22. The Bertz CT molecular complexity index is 1110. The number of carbonyl (C=O) groups excluding carboxylic acids is 1. The highest BCUT2D eigenvalue weighted by molar-refractivity contribution is 7.99. The van der Waals surface area contributed by atoms with Crippen molar-refractivity contribution in [2.45, 2.75) is 74.9 Å². The van der Waals surface area contributed by atoms with Gasteiger partial charge in [0.05, 0.1) is 11.9 Å². The van der Waals surface area contributed by atoms with Crippen LogP contribution < -0.4 is 5.32 Å². The number of anilines is 1. The number of urea groups is 1. The summed E-state index contributed by atoms with van der Waals surface area (Å²) >= 11 is 3.21. The van der Waals surface area contributed by atoms with Crippen LogP contribution in [0.15, 0.2) is 46.5 Å². The molecular weight excluding hydrogens is 474 g/mol. The van der Waals surface area contributed by atoms with E-state index in [-0.39, 0.29) is 12.1 Å². The molecule has 0 bridgehead atoms. The summed E-state index contributed by atoms with van der Waals surface area (Å²) in [4.78, 5) is 21.6. The minimum atomic E-state index is -0.0390. The number of aromatic nitrogens is 3. The minimum Gasteiger partial charge on any atom is -0.317 e. The number of hydrogen-bond donors (Lipinski definition) is 2. The molecule has 2 heterocycles. The first kappa shape index (κ1) is 25.6. The number of carbonyl (C=O) groups is 1. The second kappa shape index (κ2) is 12.0. The molecule has 6 nitrogen and oxygen atoms in total. The van der Waals surface area contributed by atoms with Crippen molar-refractivity contribution >= 4 is 35.2 Å². The Hall–Kier alpha value is -2.45. The quantitative estimate of drug-likeness (QED) is 0.258. The topological polar surface area (TPSA) is 73.9 Å². The number of benzene rings is 1. The minimum absolute atomic E-state index is 0.0390. The molecule has 2 N–H and O–H groups in total. The highest BCUT2D eigenvalue weighted by Gasteiger charge is 2.26. The van der Waals surface area contributed by atoms with E-state index in [2.05, 4.69) is 49.7 Å². The predicted molar refractivity (Wildman–Crippen MR) is 147 cm³/mol. The first-order valence-corrected chi connectivity index (χ1v) is 14.7. The molecule has 0 saturated heterocycles. The summed E-state index contributed by atoms with van der Waals surface area (Å²) < 4.78 is 0. The van der Waals surface area contributed by atoms with E-state index in [1.165, 1.54) is 25.7 Å². The van der Waals surface area contributed by atoms with Crippen molar-refractivity contribution in [3.8, 4) is 11.1 Å². The van der Waals surface area contributed by atoms with Crippen LogP contribution in [0.2, 0.25) is 0 Å². The number of amides is 2. The zero-order valence-corrected chi connectivity index (χ0v) is 22.7. The molecule has 1 aliphatic rings. The van der Waals surface area contributed by atoms with Gasteiger partial charge in [0, 0.05) is 34.4 Å². The number of aryl methyl sites for hydroxylation is 2. The lowest BCUT2D eigenvalue weighted by molar-refractivity contribution is 0.175. The number of H-pyrrole nitrogens is 1. The molecular formula is C27H35N5OS2. The fraction of sp³-hybridized carbons (Fsp3) is 0.444. The highest BCUT2D eigenvalue weighted by atomic mass is 32.2. The summed E-state index contributed by atoms with van der Waals surface area (Å²) in [6.07, 6.45) is 12.9. The molecule has 2 amide bonds. The zero-order chi connectivity index (χ0) is 24.8. The zero-order valence-electron chi connectivity index (χ0n) is 21.1. The van der Waals surface area contributed by atoms with Gasteiger partial charge < -0.3 is 10.2 Å². The van der Waals surface area contributed by atoms with E-state index in [0.717, 1.165) is 56.5 Å². The first-order valence-electron chi connectivity index (χ1n) is 12.3. The van der Waals surface area contributed by atoms with Gasteiger partial charge in [0.25, 0.3) is 0 Å². The summed E-state index contributed by atoms with van der Waals surface area (Å²) in [5, 5.41) is 11.3. The van der Waals surface area contributed by atoms with Gasteiger partial charge in [0.1, 0.15) is 5.03 Å². The van der Waals surface area contributed by atoms with Gasteiger partial charge in [-0.1, -0.05) is 49.9 Å². The molecule has 0 spiro atoms. The average molecular weight is 510 g/mol. The maximum atomic E-state index is 13.8. The Morgan fingerprint density at radius 3 is 2.40 bits per heavy atom. The molecule has 1 aliphatic carbocycles. The summed E-state index contributed by atoms with van der Waals surface area (Å²) in [5.41, 5.74) is 6.21. The van der Waals surface area contributed by atoms with Crippen molar-refractivity contribution in [2.24, 2.45) is 0 Å². The van der Waals surface area contributed by atoms with Crippen LogP contribution in [0.25, 0.3) is 11.1 Å². The SMILES string of the molecule is CSc1cc(C)nc(SC)c1NC(=O)N(Cc1ccc(-c2cn[nH]c2C)cc1)C1CCCCCC1. The molecule has 1 saturated carbocycles. The Morgan fingerprint density at radius 2 is 1.80 bits per heavy atom. The Balaban J connectivity index is 1.60. The van der Waals surface area contributed by atoms with Crippen molar-refractivity contribution < 1.29 is 4.79 Å². The van der Waals surface area contributed by atoms with E-state index >= 15 is 0 Å². The number of hydrogen-bond acceptors (Lipinski definition) is 5. The highest BCUT2D eigenvalue weighted by Crippen LogP contribution is 2.34. The number of nitrogens with zero attached hydrogens (tertiary/aromatic N) is 3. The number of nitrogens with one attached hydrogen (secondary N) is 2. The lowest BCUT2D eigenvalue weighted by Gasteiger charge is -2.32. The van der Waals surface area contributed by atoms with Gasteiger partial charge >= 0.3 is 6.03 Å². The van der Waals surface area contributed by atoms with Crippen molar-refractivity contribution in [3.63, 3.8) is 0 Å². The molecule has 186 valence electrons. The van der Waals surface area contributed by atoms with Crippen molar-refractivity contribution in [2.75, 3.05) is 17.8 Å². The van der Waals surface area contributed by atoms with E-state index in [1.807, 2.05) is 38.6 Å². The molecule has 4 rings (SSSR count). The van der Waals surface area contributed by atoms with E-state index < -0.39 is 0 Å². The van der Waals surface area contributed by atoms with Crippen LogP contribution in [0.5, 0.6) is 0 Å². The summed E-state index contributed by atoms with van der Waals surface area (Å²) in [5.74, 6) is 0. The van der Waals surface area contributed by atoms with Gasteiger partial charge in [0.2, 0.25) is 0 Å².